The van der Waals surface area contributed by atoms with Crippen LogP contribution in [0.15, 0.2) is 36.7 Å². The Morgan fingerprint density at radius 2 is 2.03 bits per heavy atom. The summed E-state index contributed by atoms with van der Waals surface area (Å²) in [5.74, 6) is -0.137. The summed E-state index contributed by atoms with van der Waals surface area (Å²) in [5.41, 5.74) is 0.925. The van der Waals surface area contributed by atoms with Crippen molar-refractivity contribution in [2.24, 2.45) is 7.05 Å². The van der Waals surface area contributed by atoms with Gasteiger partial charge in [-0.15, -0.1) is 0 Å². The van der Waals surface area contributed by atoms with Crippen LogP contribution in [0, 0.1) is 10.1 Å². The predicted molar refractivity (Wildman–Crippen MR) is 111 cm³/mol. The minimum absolute atomic E-state index is 0.0201. The summed E-state index contributed by atoms with van der Waals surface area (Å²) in [7, 11) is 1.89. The predicted octanol–water partition coefficient (Wildman–Crippen LogP) is 1.16. The first-order chi connectivity index (χ1) is 14.3. The topological polar surface area (TPSA) is 122 Å². The third-order valence-electron chi connectivity index (χ3n) is 5.26. The Labute approximate surface area is 174 Å². The SMILES string of the molecule is CC(=O)NC(Cc1cccn1C)C(=O)NC1CCN(c2ncccc2[N+](=O)[O-])CC1. The van der Waals surface area contributed by atoms with Crippen LogP contribution < -0.4 is 15.5 Å². The molecule has 3 rings (SSSR count). The number of nitro groups is 1. The lowest BCUT2D eigenvalue weighted by Crippen LogP contribution is -2.52. The van der Waals surface area contributed by atoms with E-state index >= 15 is 0 Å². The monoisotopic (exact) mass is 414 g/mol. The number of nitrogens with zero attached hydrogens (tertiary/aromatic N) is 4. The van der Waals surface area contributed by atoms with Crippen molar-refractivity contribution < 1.29 is 14.5 Å². The second-order valence-electron chi connectivity index (χ2n) is 7.44. The molecule has 1 aliphatic heterocycles. The summed E-state index contributed by atoms with van der Waals surface area (Å²) in [6.07, 6.45) is 5.10. The highest BCUT2D eigenvalue weighted by Crippen LogP contribution is 2.27. The third kappa shape index (κ3) is 5.13. The molecule has 0 radical (unpaired) electrons. The lowest BCUT2D eigenvalue weighted by Gasteiger charge is -2.33. The van der Waals surface area contributed by atoms with Gasteiger partial charge in [-0.25, -0.2) is 4.98 Å². The van der Waals surface area contributed by atoms with Gasteiger partial charge in [0.1, 0.15) is 6.04 Å². The first-order valence-electron chi connectivity index (χ1n) is 9.87. The third-order valence-corrected chi connectivity index (χ3v) is 5.26. The highest BCUT2D eigenvalue weighted by Gasteiger charge is 2.28. The van der Waals surface area contributed by atoms with Crippen molar-refractivity contribution in [1.82, 2.24) is 20.2 Å². The average molecular weight is 414 g/mol. The van der Waals surface area contributed by atoms with E-state index in [2.05, 4.69) is 15.6 Å². The van der Waals surface area contributed by atoms with Crippen molar-refractivity contribution in [3.05, 3.63) is 52.5 Å². The van der Waals surface area contributed by atoms with Gasteiger partial charge in [-0.05, 0) is 31.0 Å². The molecule has 1 saturated heterocycles. The first kappa shape index (κ1) is 21.3. The molecule has 10 nitrogen and oxygen atoms in total. The molecule has 1 fully saturated rings. The highest BCUT2D eigenvalue weighted by molar-refractivity contribution is 5.87. The number of rotatable bonds is 7. The zero-order valence-electron chi connectivity index (χ0n) is 17.1. The van der Waals surface area contributed by atoms with E-state index in [0.29, 0.717) is 38.2 Å². The fourth-order valence-corrected chi connectivity index (χ4v) is 3.68. The molecule has 160 valence electrons. The number of carbonyl (C=O) groups excluding carboxylic acids is 2. The van der Waals surface area contributed by atoms with Gasteiger partial charge in [0, 0.05) is 63.7 Å². The van der Waals surface area contributed by atoms with E-state index < -0.39 is 11.0 Å². The number of anilines is 1. The van der Waals surface area contributed by atoms with E-state index in [1.54, 1.807) is 6.07 Å². The summed E-state index contributed by atoms with van der Waals surface area (Å²) >= 11 is 0. The summed E-state index contributed by atoms with van der Waals surface area (Å²) in [6.45, 7) is 2.49. The molecule has 2 N–H and O–H groups in total. The largest absolute Gasteiger partial charge is 0.354 e. The second kappa shape index (κ2) is 9.38. The summed E-state index contributed by atoms with van der Waals surface area (Å²) in [4.78, 5) is 41.3. The van der Waals surface area contributed by atoms with Gasteiger partial charge >= 0.3 is 5.69 Å². The number of nitrogens with one attached hydrogen (secondary N) is 2. The molecule has 0 aliphatic carbocycles. The quantitative estimate of drug-likeness (QED) is 0.518. The molecule has 0 saturated carbocycles. The molecule has 2 amide bonds. The smallest absolute Gasteiger partial charge is 0.311 e. The molecule has 1 atom stereocenters. The molecule has 0 spiro atoms. The highest BCUT2D eigenvalue weighted by atomic mass is 16.6. The van der Waals surface area contributed by atoms with Crippen molar-refractivity contribution in [2.75, 3.05) is 18.0 Å². The van der Waals surface area contributed by atoms with Crippen LogP contribution in [0.25, 0.3) is 0 Å². The molecular formula is C20H26N6O4. The van der Waals surface area contributed by atoms with E-state index in [4.69, 9.17) is 0 Å². The van der Waals surface area contributed by atoms with Crippen LogP contribution in [0.5, 0.6) is 0 Å². The molecule has 1 unspecified atom stereocenters. The Morgan fingerprint density at radius 1 is 1.30 bits per heavy atom. The van der Waals surface area contributed by atoms with Crippen molar-refractivity contribution in [3.8, 4) is 0 Å². The van der Waals surface area contributed by atoms with Gasteiger partial charge < -0.3 is 20.1 Å². The lowest BCUT2D eigenvalue weighted by molar-refractivity contribution is -0.384. The number of aryl methyl sites for hydroxylation is 1. The average Bonchev–Trinajstić information content (AvgIpc) is 3.12. The van der Waals surface area contributed by atoms with Crippen molar-refractivity contribution in [2.45, 2.75) is 38.3 Å². The van der Waals surface area contributed by atoms with Gasteiger partial charge in [0.15, 0.2) is 0 Å². The molecule has 10 heteroatoms. The van der Waals surface area contributed by atoms with E-state index in [0.717, 1.165) is 5.69 Å². The summed E-state index contributed by atoms with van der Waals surface area (Å²) in [6, 6.07) is 6.07. The van der Waals surface area contributed by atoms with Gasteiger partial charge in [-0.3, -0.25) is 19.7 Å². The Balaban J connectivity index is 1.60. The van der Waals surface area contributed by atoms with Crippen LogP contribution in [-0.4, -0.2) is 51.5 Å². The van der Waals surface area contributed by atoms with Crippen LogP contribution in [-0.2, 0) is 23.1 Å². The van der Waals surface area contributed by atoms with Gasteiger partial charge in [-0.2, -0.15) is 0 Å². The molecule has 2 aromatic rings. The fourth-order valence-electron chi connectivity index (χ4n) is 3.68. The van der Waals surface area contributed by atoms with Crippen LogP contribution in [0.3, 0.4) is 0 Å². The van der Waals surface area contributed by atoms with Gasteiger partial charge in [0.2, 0.25) is 17.6 Å². The van der Waals surface area contributed by atoms with E-state index in [1.807, 2.05) is 34.8 Å². The zero-order valence-corrected chi connectivity index (χ0v) is 17.1. The molecule has 0 aromatic carbocycles. The van der Waals surface area contributed by atoms with E-state index in [1.165, 1.54) is 19.2 Å². The molecule has 2 aromatic heterocycles. The van der Waals surface area contributed by atoms with Gasteiger partial charge in [-0.1, -0.05) is 0 Å². The van der Waals surface area contributed by atoms with E-state index in [9.17, 15) is 19.7 Å². The summed E-state index contributed by atoms with van der Waals surface area (Å²) < 4.78 is 1.92. The minimum Gasteiger partial charge on any atom is -0.354 e. The van der Waals surface area contributed by atoms with Crippen LogP contribution in [0.4, 0.5) is 11.5 Å². The normalized spacial score (nSPS) is 15.5. The maximum absolute atomic E-state index is 12.8. The molecule has 3 heterocycles. The number of pyridine rings is 1. The first-order valence-corrected chi connectivity index (χ1v) is 9.87. The van der Waals surface area contributed by atoms with Crippen molar-refractivity contribution in [3.63, 3.8) is 0 Å². The molecule has 30 heavy (non-hydrogen) atoms. The number of piperidine rings is 1. The maximum Gasteiger partial charge on any atom is 0.311 e. The Morgan fingerprint density at radius 3 is 2.63 bits per heavy atom. The number of hydrogen-bond acceptors (Lipinski definition) is 6. The number of amides is 2. The van der Waals surface area contributed by atoms with Crippen LogP contribution in [0.2, 0.25) is 0 Å². The molecular weight excluding hydrogens is 388 g/mol. The fraction of sp³-hybridized carbons (Fsp3) is 0.450. The Hall–Kier alpha value is -3.43. The maximum atomic E-state index is 12.8. The minimum atomic E-state index is -0.661. The zero-order chi connectivity index (χ0) is 21.7. The second-order valence-corrected chi connectivity index (χ2v) is 7.44. The van der Waals surface area contributed by atoms with E-state index in [-0.39, 0.29) is 23.5 Å². The number of carbonyl (C=O) groups is 2. The number of aromatic nitrogens is 2. The van der Waals surface area contributed by atoms with Crippen LogP contribution in [0.1, 0.15) is 25.5 Å². The van der Waals surface area contributed by atoms with Crippen molar-refractivity contribution in [1.29, 1.82) is 0 Å². The standard InChI is InChI=1S/C20H26N6O4/c1-14(27)22-17(13-16-5-4-10-24(16)2)20(28)23-15-7-11-25(12-8-15)19-18(26(29)30)6-3-9-21-19/h3-6,9-10,15,17H,7-8,11-13H2,1-2H3,(H,22,27)(H,23,28). The molecule has 1 aliphatic rings. The Bertz CT molecular complexity index is 920. The summed E-state index contributed by atoms with van der Waals surface area (Å²) in [5, 5.41) is 17.0. The lowest BCUT2D eigenvalue weighted by atomic mass is 10.0. The van der Waals surface area contributed by atoms with Crippen LogP contribution >= 0.6 is 0 Å². The van der Waals surface area contributed by atoms with Gasteiger partial charge in [0.25, 0.3) is 0 Å². The van der Waals surface area contributed by atoms with Crippen molar-refractivity contribution >= 4 is 23.3 Å². The Kier molecular flexibility index (Phi) is 6.65. The van der Waals surface area contributed by atoms with Gasteiger partial charge in [0.05, 0.1) is 4.92 Å². The molecule has 0 bridgehead atoms. The number of hydrogen-bond donors (Lipinski definition) is 2.